The quantitative estimate of drug-likeness (QED) is 0.741. The summed E-state index contributed by atoms with van der Waals surface area (Å²) in [7, 11) is 1.56. The number of aromatic nitrogens is 2. The minimum atomic E-state index is -0.934. The van der Waals surface area contributed by atoms with Gasteiger partial charge in [0.25, 0.3) is 5.91 Å². The van der Waals surface area contributed by atoms with Crippen LogP contribution in [-0.4, -0.2) is 46.7 Å². The van der Waals surface area contributed by atoms with E-state index in [2.05, 4.69) is 10.2 Å². The lowest BCUT2D eigenvalue weighted by molar-refractivity contribution is -0.138. The lowest BCUT2D eigenvalue weighted by Gasteiger charge is -2.20. The van der Waals surface area contributed by atoms with Crippen molar-refractivity contribution in [3.05, 3.63) is 36.2 Å². The average molecular weight is 328 g/mol. The molecular formula is C16H16N4O4. The Labute approximate surface area is 138 Å². The first kappa shape index (κ1) is 17.1. The van der Waals surface area contributed by atoms with Crippen LogP contribution in [0, 0.1) is 11.3 Å². The van der Waals surface area contributed by atoms with E-state index < -0.39 is 12.1 Å². The minimum absolute atomic E-state index is 0.222. The summed E-state index contributed by atoms with van der Waals surface area (Å²) in [5, 5.41) is 15.9. The Morgan fingerprint density at radius 3 is 2.67 bits per heavy atom. The monoisotopic (exact) mass is 328 g/mol. The van der Waals surface area contributed by atoms with Gasteiger partial charge in [-0.05, 0) is 31.2 Å². The standard InChI is InChI=1S/C16H16N4O4/c1-11(15(21)20(2)9-3-8-17)24-16(22)13-6-4-12(5-7-13)14-19-18-10-23-14/h4-7,10-11H,3,9H2,1-2H3/t11-/m1/s1. The molecule has 0 fully saturated rings. The van der Waals surface area contributed by atoms with Gasteiger partial charge in [-0.25, -0.2) is 4.79 Å². The van der Waals surface area contributed by atoms with Gasteiger partial charge in [0.1, 0.15) is 0 Å². The van der Waals surface area contributed by atoms with Crippen molar-refractivity contribution in [2.24, 2.45) is 0 Å². The molecular weight excluding hydrogens is 312 g/mol. The van der Waals surface area contributed by atoms with Crippen LogP contribution >= 0.6 is 0 Å². The Hall–Kier alpha value is -3.21. The van der Waals surface area contributed by atoms with Gasteiger partial charge in [-0.3, -0.25) is 4.79 Å². The van der Waals surface area contributed by atoms with E-state index in [4.69, 9.17) is 14.4 Å². The summed E-state index contributed by atoms with van der Waals surface area (Å²) >= 11 is 0. The van der Waals surface area contributed by atoms with Crippen molar-refractivity contribution >= 4 is 11.9 Å². The van der Waals surface area contributed by atoms with Gasteiger partial charge in [0.05, 0.1) is 18.1 Å². The molecule has 0 aliphatic carbocycles. The molecule has 0 saturated carbocycles. The molecule has 0 spiro atoms. The predicted octanol–water partition coefficient (Wildman–Crippen LogP) is 1.65. The summed E-state index contributed by atoms with van der Waals surface area (Å²) in [6.45, 7) is 1.78. The molecule has 1 atom stereocenters. The van der Waals surface area contributed by atoms with E-state index in [0.717, 1.165) is 0 Å². The smallest absolute Gasteiger partial charge is 0.338 e. The lowest BCUT2D eigenvalue weighted by atomic mass is 10.1. The maximum atomic E-state index is 12.1. The number of esters is 1. The van der Waals surface area contributed by atoms with Gasteiger partial charge in [-0.2, -0.15) is 5.26 Å². The van der Waals surface area contributed by atoms with E-state index in [-0.39, 0.29) is 18.9 Å². The summed E-state index contributed by atoms with van der Waals surface area (Å²) in [5.74, 6) is -0.625. The molecule has 0 N–H and O–H groups in total. The predicted molar refractivity (Wildman–Crippen MR) is 82.5 cm³/mol. The van der Waals surface area contributed by atoms with Crippen molar-refractivity contribution in [2.45, 2.75) is 19.4 Å². The summed E-state index contributed by atoms with van der Waals surface area (Å²) in [4.78, 5) is 25.5. The zero-order valence-electron chi connectivity index (χ0n) is 13.3. The van der Waals surface area contributed by atoms with Gasteiger partial charge in [-0.1, -0.05) is 0 Å². The first-order valence-electron chi connectivity index (χ1n) is 7.22. The number of benzene rings is 1. The lowest BCUT2D eigenvalue weighted by Crippen LogP contribution is -2.37. The molecule has 0 aliphatic rings. The SMILES string of the molecule is C[C@@H](OC(=O)c1ccc(-c2nnco2)cc1)C(=O)N(C)CCC#N. The van der Waals surface area contributed by atoms with Crippen molar-refractivity contribution in [3.8, 4) is 17.5 Å². The molecule has 1 aromatic carbocycles. The third kappa shape index (κ3) is 4.16. The van der Waals surface area contributed by atoms with E-state index in [1.54, 1.807) is 31.3 Å². The molecule has 124 valence electrons. The second-order valence-electron chi connectivity index (χ2n) is 5.04. The Balaban J connectivity index is 1.96. The fraction of sp³-hybridized carbons (Fsp3) is 0.312. The number of carbonyl (C=O) groups excluding carboxylic acids is 2. The van der Waals surface area contributed by atoms with Crippen LogP contribution in [0.15, 0.2) is 35.1 Å². The maximum absolute atomic E-state index is 12.1. The third-order valence-corrected chi connectivity index (χ3v) is 3.29. The molecule has 0 radical (unpaired) electrons. The van der Waals surface area contributed by atoms with Crippen LogP contribution in [0.25, 0.3) is 11.5 Å². The molecule has 1 amide bonds. The van der Waals surface area contributed by atoms with Crippen LogP contribution < -0.4 is 0 Å². The number of likely N-dealkylation sites (N-methyl/N-ethyl adjacent to an activating group) is 1. The summed E-state index contributed by atoms with van der Waals surface area (Å²) in [6, 6.07) is 8.36. The highest BCUT2D eigenvalue weighted by molar-refractivity contribution is 5.92. The fourth-order valence-electron chi connectivity index (χ4n) is 1.96. The number of nitrogens with zero attached hydrogens (tertiary/aromatic N) is 4. The average Bonchev–Trinajstić information content (AvgIpc) is 3.13. The number of ether oxygens (including phenoxy) is 1. The van der Waals surface area contributed by atoms with Gasteiger partial charge >= 0.3 is 5.97 Å². The molecule has 8 nitrogen and oxygen atoms in total. The Kier molecular flexibility index (Phi) is 5.63. The minimum Gasteiger partial charge on any atom is -0.449 e. The van der Waals surface area contributed by atoms with Crippen LogP contribution in [0.1, 0.15) is 23.7 Å². The van der Waals surface area contributed by atoms with Gasteiger partial charge in [0, 0.05) is 19.2 Å². The first-order chi connectivity index (χ1) is 11.5. The molecule has 0 aliphatic heterocycles. The van der Waals surface area contributed by atoms with Gasteiger partial charge in [-0.15, -0.1) is 10.2 Å². The first-order valence-corrected chi connectivity index (χ1v) is 7.22. The zero-order chi connectivity index (χ0) is 17.5. The highest BCUT2D eigenvalue weighted by Crippen LogP contribution is 2.17. The number of amides is 1. The fourth-order valence-corrected chi connectivity index (χ4v) is 1.96. The molecule has 24 heavy (non-hydrogen) atoms. The number of hydrogen-bond donors (Lipinski definition) is 0. The molecule has 8 heteroatoms. The Morgan fingerprint density at radius 2 is 2.08 bits per heavy atom. The van der Waals surface area contributed by atoms with Crippen LogP contribution in [0.4, 0.5) is 0 Å². The van der Waals surface area contributed by atoms with Gasteiger partial charge in [0.2, 0.25) is 12.3 Å². The number of rotatable bonds is 6. The molecule has 0 bridgehead atoms. The largest absolute Gasteiger partial charge is 0.449 e. The van der Waals surface area contributed by atoms with Crippen molar-refractivity contribution in [1.29, 1.82) is 5.26 Å². The molecule has 2 aromatic rings. The Bertz CT molecular complexity index is 734. The van der Waals surface area contributed by atoms with E-state index in [1.807, 2.05) is 6.07 Å². The maximum Gasteiger partial charge on any atom is 0.338 e. The third-order valence-electron chi connectivity index (χ3n) is 3.29. The zero-order valence-corrected chi connectivity index (χ0v) is 13.3. The summed E-state index contributed by atoms with van der Waals surface area (Å²) in [6.07, 6.45) is 0.505. The Morgan fingerprint density at radius 1 is 1.38 bits per heavy atom. The van der Waals surface area contributed by atoms with Crippen molar-refractivity contribution in [1.82, 2.24) is 15.1 Å². The van der Waals surface area contributed by atoms with E-state index in [0.29, 0.717) is 17.0 Å². The van der Waals surface area contributed by atoms with Gasteiger partial charge in [0.15, 0.2) is 6.10 Å². The summed E-state index contributed by atoms with van der Waals surface area (Å²) in [5.41, 5.74) is 0.974. The van der Waals surface area contributed by atoms with Crippen LogP contribution in [0.3, 0.4) is 0 Å². The molecule has 0 unspecified atom stereocenters. The number of carbonyl (C=O) groups is 2. The van der Waals surface area contributed by atoms with Crippen molar-refractivity contribution in [3.63, 3.8) is 0 Å². The van der Waals surface area contributed by atoms with E-state index in [9.17, 15) is 9.59 Å². The number of nitriles is 1. The van der Waals surface area contributed by atoms with Crippen LogP contribution in [-0.2, 0) is 9.53 Å². The normalized spacial score (nSPS) is 11.4. The van der Waals surface area contributed by atoms with Crippen molar-refractivity contribution < 1.29 is 18.7 Å². The summed E-state index contributed by atoms with van der Waals surface area (Å²) < 4.78 is 10.2. The second-order valence-corrected chi connectivity index (χ2v) is 5.04. The second kappa shape index (κ2) is 7.87. The molecule has 0 saturated heterocycles. The topological polar surface area (TPSA) is 109 Å². The van der Waals surface area contributed by atoms with E-state index >= 15 is 0 Å². The number of hydrogen-bond acceptors (Lipinski definition) is 7. The highest BCUT2D eigenvalue weighted by Gasteiger charge is 2.22. The van der Waals surface area contributed by atoms with Crippen molar-refractivity contribution in [2.75, 3.05) is 13.6 Å². The molecule has 1 aromatic heterocycles. The van der Waals surface area contributed by atoms with E-state index in [1.165, 1.54) is 18.2 Å². The highest BCUT2D eigenvalue weighted by atomic mass is 16.5. The van der Waals surface area contributed by atoms with Crippen LogP contribution in [0.5, 0.6) is 0 Å². The van der Waals surface area contributed by atoms with Gasteiger partial charge < -0.3 is 14.1 Å². The molecule has 2 rings (SSSR count). The van der Waals surface area contributed by atoms with Crippen LogP contribution in [0.2, 0.25) is 0 Å². The molecule has 1 heterocycles.